The Balaban J connectivity index is 1.42. The smallest absolute Gasteiger partial charge is 0.254 e. The largest absolute Gasteiger partial charge is 0.457 e. The molecule has 3 aromatic rings. The number of carbonyl (C=O) groups is 1. The molecule has 1 aliphatic rings. The second kappa shape index (κ2) is 8.54. The third-order valence-corrected chi connectivity index (χ3v) is 4.41. The van der Waals surface area contributed by atoms with E-state index in [1.807, 2.05) is 54.6 Å². The van der Waals surface area contributed by atoms with Crippen LogP contribution in [0.1, 0.15) is 10.4 Å². The van der Waals surface area contributed by atoms with Crippen LogP contribution >= 0.6 is 0 Å². The van der Waals surface area contributed by atoms with Gasteiger partial charge in [0, 0.05) is 30.5 Å². The van der Waals surface area contributed by atoms with Gasteiger partial charge in [0.05, 0.1) is 13.2 Å². The van der Waals surface area contributed by atoms with Gasteiger partial charge >= 0.3 is 0 Å². The van der Waals surface area contributed by atoms with Crippen LogP contribution in [0.15, 0.2) is 72.9 Å². The maximum atomic E-state index is 12.6. The van der Waals surface area contributed by atoms with Crippen molar-refractivity contribution in [3.63, 3.8) is 0 Å². The number of nitrogens with zero attached hydrogens (tertiary/aromatic N) is 2. The van der Waals surface area contributed by atoms with Gasteiger partial charge in [0.25, 0.3) is 5.91 Å². The molecule has 1 saturated heterocycles. The molecular formula is C22H21N3O3. The molecule has 2 aromatic carbocycles. The first-order valence-corrected chi connectivity index (χ1v) is 9.21. The second-order valence-corrected chi connectivity index (χ2v) is 6.40. The van der Waals surface area contributed by atoms with Gasteiger partial charge in [-0.15, -0.1) is 0 Å². The number of morpholine rings is 1. The van der Waals surface area contributed by atoms with Gasteiger partial charge < -0.3 is 19.7 Å². The molecule has 0 spiro atoms. The predicted octanol–water partition coefficient (Wildman–Crippen LogP) is 4.09. The van der Waals surface area contributed by atoms with Crippen LogP contribution < -0.4 is 10.1 Å². The fourth-order valence-electron chi connectivity index (χ4n) is 2.96. The second-order valence-electron chi connectivity index (χ2n) is 6.40. The molecule has 1 aliphatic heterocycles. The van der Waals surface area contributed by atoms with Crippen molar-refractivity contribution < 1.29 is 14.3 Å². The van der Waals surface area contributed by atoms with E-state index in [9.17, 15) is 4.79 Å². The lowest BCUT2D eigenvalue weighted by atomic mass is 10.2. The lowest BCUT2D eigenvalue weighted by molar-refractivity contribution is 0.0303. The molecule has 4 rings (SSSR count). The Kier molecular flexibility index (Phi) is 5.49. The molecule has 0 aliphatic carbocycles. The maximum Gasteiger partial charge on any atom is 0.254 e. The Hall–Kier alpha value is -3.38. The van der Waals surface area contributed by atoms with Crippen molar-refractivity contribution in [2.24, 2.45) is 0 Å². The number of para-hydroxylation sites is 1. The number of carbonyl (C=O) groups excluding carboxylic acids is 1. The van der Waals surface area contributed by atoms with E-state index in [2.05, 4.69) is 10.3 Å². The lowest BCUT2D eigenvalue weighted by Crippen LogP contribution is -2.40. The van der Waals surface area contributed by atoms with E-state index in [0.29, 0.717) is 37.7 Å². The summed E-state index contributed by atoms with van der Waals surface area (Å²) in [5.41, 5.74) is 1.48. The molecule has 0 unspecified atom stereocenters. The summed E-state index contributed by atoms with van der Waals surface area (Å²) in [6.07, 6.45) is 1.64. The number of anilines is 2. The minimum atomic E-state index is 0.000332. The van der Waals surface area contributed by atoms with E-state index in [1.54, 1.807) is 23.2 Å². The molecule has 142 valence electrons. The van der Waals surface area contributed by atoms with Gasteiger partial charge in [0.15, 0.2) is 0 Å². The summed E-state index contributed by atoms with van der Waals surface area (Å²) >= 11 is 0. The maximum absolute atomic E-state index is 12.6. The van der Waals surface area contributed by atoms with Crippen molar-refractivity contribution in [2.45, 2.75) is 0 Å². The van der Waals surface area contributed by atoms with E-state index in [-0.39, 0.29) is 5.91 Å². The molecule has 28 heavy (non-hydrogen) atoms. The number of aromatic nitrogens is 1. The molecule has 1 amide bonds. The minimum absolute atomic E-state index is 0.000332. The average molecular weight is 375 g/mol. The van der Waals surface area contributed by atoms with Crippen LogP contribution in [0.25, 0.3) is 0 Å². The van der Waals surface area contributed by atoms with Crippen molar-refractivity contribution >= 4 is 17.4 Å². The molecule has 0 atom stereocenters. The monoisotopic (exact) mass is 375 g/mol. The third kappa shape index (κ3) is 4.47. The molecule has 0 radical (unpaired) electrons. The molecule has 1 fully saturated rings. The van der Waals surface area contributed by atoms with Crippen LogP contribution in [0.3, 0.4) is 0 Å². The van der Waals surface area contributed by atoms with Crippen molar-refractivity contribution in [3.8, 4) is 11.5 Å². The highest BCUT2D eigenvalue weighted by Gasteiger charge is 2.18. The van der Waals surface area contributed by atoms with Gasteiger partial charge in [0.1, 0.15) is 17.3 Å². The molecule has 2 heterocycles. The summed E-state index contributed by atoms with van der Waals surface area (Å²) in [6.45, 7) is 2.40. The van der Waals surface area contributed by atoms with E-state index >= 15 is 0 Å². The Morgan fingerprint density at radius 3 is 2.43 bits per heavy atom. The zero-order valence-corrected chi connectivity index (χ0v) is 15.4. The highest BCUT2D eigenvalue weighted by molar-refractivity contribution is 5.95. The minimum Gasteiger partial charge on any atom is -0.457 e. The van der Waals surface area contributed by atoms with Crippen molar-refractivity contribution in [1.29, 1.82) is 0 Å². The van der Waals surface area contributed by atoms with Crippen LogP contribution in [0.5, 0.6) is 11.5 Å². The SMILES string of the molecule is O=C(c1ccnc(Nc2ccc(Oc3ccccc3)cc2)c1)N1CCOCC1. The van der Waals surface area contributed by atoms with Gasteiger partial charge in [-0.05, 0) is 48.5 Å². The number of ether oxygens (including phenoxy) is 2. The van der Waals surface area contributed by atoms with Crippen molar-refractivity contribution in [1.82, 2.24) is 9.88 Å². The normalized spacial score (nSPS) is 13.8. The van der Waals surface area contributed by atoms with Crippen LogP contribution in [0, 0.1) is 0 Å². The van der Waals surface area contributed by atoms with Crippen LogP contribution in [0.2, 0.25) is 0 Å². The van der Waals surface area contributed by atoms with Crippen LogP contribution in [0.4, 0.5) is 11.5 Å². The van der Waals surface area contributed by atoms with Crippen molar-refractivity contribution in [2.75, 3.05) is 31.6 Å². The van der Waals surface area contributed by atoms with E-state index < -0.39 is 0 Å². The molecule has 0 bridgehead atoms. The summed E-state index contributed by atoms with van der Waals surface area (Å²) in [5, 5.41) is 3.23. The molecule has 1 N–H and O–H groups in total. The van der Waals surface area contributed by atoms with Crippen LogP contribution in [-0.4, -0.2) is 42.1 Å². The van der Waals surface area contributed by atoms with E-state index in [4.69, 9.17) is 9.47 Å². The zero-order valence-electron chi connectivity index (χ0n) is 15.4. The number of hydrogen-bond acceptors (Lipinski definition) is 5. The Bertz CT molecular complexity index is 923. The first-order valence-electron chi connectivity index (χ1n) is 9.21. The highest BCUT2D eigenvalue weighted by atomic mass is 16.5. The van der Waals surface area contributed by atoms with Gasteiger partial charge in [-0.1, -0.05) is 18.2 Å². The Morgan fingerprint density at radius 2 is 1.68 bits per heavy atom. The standard InChI is InChI=1S/C22H21N3O3/c26-22(25-12-14-27-15-13-25)17-10-11-23-21(16-17)24-18-6-8-20(9-7-18)28-19-4-2-1-3-5-19/h1-11,16H,12-15H2,(H,23,24). The molecular weight excluding hydrogens is 354 g/mol. The quantitative estimate of drug-likeness (QED) is 0.728. The summed E-state index contributed by atoms with van der Waals surface area (Å²) in [4.78, 5) is 18.7. The zero-order chi connectivity index (χ0) is 19.2. The molecule has 6 heteroatoms. The fraction of sp³-hybridized carbons (Fsp3) is 0.182. The first kappa shape index (κ1) is 18.0. The topological polar surface area (TPSA) is 63.7 Å². The Morgan fingerprint density at radius 1 is 0.964 bits per heavy atom. The average Bonchev–Trinajstić information content (AvgIpc) is 2.76. The first-order chi connectivity index (χ1) is 13.8. The fourth-order valence-corrected chi connectivity index (χ4v) is 2.96. The number of rotatable bonds is 5. The number of amides is 1. The number of pyridine rings is 1. The van der Waals surface area contributed by atoms with E-state index in [1.165, 1.54) is 0 Å². The lowest BCUT2D eigenvalue weighted by Gasteiger charge is -2.26. The van der Waals surface area contributed by atoms with Crippen LogP contribution in [-0.2, 0) is 4.74 Å². The predicted molar refractivity (Wildman–Crippen MR) is 107 cm³/mol. The summed E-state index contributed by atoms with van der Waals surface area (Å²) in [5.74, 6) is 2.16. The number of benzene rings is 2. The summed E-state index contributed by atoms with van der Waals surface area (Å²) < 4.78 is 11.1. The van der Waals surface area contributed by atoms with E-state index in [0.717, 1.165) is 17.2 Å². The summed E-state index contributed by atoms with van der Waals surface area (Å²) in [7, 11) is 0. The Labute approximate surface area is 163 Å². The van der Waals surface area contributed by atoms with Gasteiger partial charge in [-0.2, -0.15) is 0 Å². The highest BCUT2D eigenvalue weighted by Crippen LogP contribution is 2.24. The number of hydrogen-bond donors (Lipinski definition) is 1. The number of nitrogens with one attached hydrogen (secondary N) is 1. The molecule has 6 nitrogen and oxygen atoms in total. The summed E-state index contributed by atoms with van der Waals surface area (Å²) in [6, 6.07) is 20.7. The van der Waals surface area contributed by atoms with Gasteiger partial charge in [-0.3, -0.25) is 4.79 Å². The van der Waals surface area contributed by atoms with Gasteiger partial charge in [0.2, 0.25) is 0 Å². The molecule has 1 aromatic heterocycles. The van der Waals surface area contributed by atoms with Gasteiger partial charge in [-0.25, -0.2) is 4.98 Å². The third-order valence-electron chi connectivity index (χ3n) is 4.41. The molecule has 0 saturated carbocycles. The van der Waals surface area contributed by atoms with Crippen molar-refractivity contribution in [3.05, 3.63) is 78.5 Å².